The number of carbonyl (C=O) groups is 1. The van der Waals surface area contributed by atoms with E-state index in [1.807, 2.05) is 0 Å². The van der Waals surface area contributed by atoms with Crippen LogP contribution in [0.3, 0.4) is 0 Å². The Hall–Kier alpha value is 0.350. The fraction of sp³-hybridized carbons (Fsp3) is 0.500. The van der Waals surface area contributed by atoms with Crippen molar-refractivity contribution in [1.82, 2.24) is 5.59 Å². The molecule has 0 aliphatic carbocycles. The fourth-order valence-electron chi connectivity index (χ4n) is 0.107. The molecule has 0 saturated heterocycles. The minimum atomic E-state index is -0.581. The number of nitrogens with two attached hydrogens (primary N) is 2. The van der Waals surface area contributed by atoms with Crippen LogP contribution < -0.4 is 46.7 Å². The Morgan fingerprint density at radius 1 is 1.88 bits per heavy atom. The molecule has 5 N–H and O–H groups in total. The van der Waals surface area contributed by atoms with Crippen molar-refractivity contribution in [2.75, 3.05) is 6.54 Å². The first kappa shape index (κ1) is 11.2. The van der Waals surface area contributed by atoms with Gasteiger partial charge < -0.3 is 12.0 Å². The van der Waals surface area contributed by atoms with Crippen molar-refractivity contribution < 1.29 is 40.6 Å². The van der Waals surface area contributed by atoms with E-state index in [0.29, 0.717) is 0 Å². The van der Waals surface area contributed by atoms with Gasteiger partial charge in [0, 0.05) is 0 Å². The van der Waals surface area contributed by atoms with Crippen molar-refractivity contribution in [3.8, 4) is 0 Å². The van der Waals surface area contributed by atoms with Gasteiger partial charge in [0.1, 0.15) is 0 Å². The predicted octanol–water partition coefficient (Wildman–Crippen LogP) is -5.02. The third kappa shape index (κ3) is 6.35. The molecule has 0 bridgehead atoms. The van der Waals surface area contributed by atoms with Gasteiger partial charge >= 0.3 is 35.5 Å². The summed E-state index contributed by atoms with van der Waals surface area (Å²) in [4.78, 5) is 13.9. The van der Waals surface area contributed by atoms with Gasteiger partial charge in [-0.3, -0.25) is 0 Å². The molecular formula is C2H8N3NaO2. The van der Waals surface area contributed by atoms with E-state index in [0.717, 1.165) is 0 Å². The molecular weight excluding hydrogens is 121 g/mol. The number of carbonyl (C=O) groups excluding carboxylic acids is 1. The minimum Gasteiger partial charge on any atom is -1.00 e. The van der Waals surface area contributed by atoms with Crippen LogP contribution in [0.25, 0.3) is 0 Å². The maximum Gasteiger partial charge on any atom is 1.00 e. The van der Waals surface area contributed by atoms with Gasteiger partial charge in [-0.05, 0) is 0 Å². The second-order valence-corrected chi connectivity index (χ2v) is 0.796. The maximum atomic E-state index is 9.92. The zero-order valence-electron chi connectivity index (χ0n) is 5.68. The van der Waals surface area contributed by atoms with Gasteiger partial charge in [0.2, 0.25) is 0 Å². The molecule has 0 saturated carbocycles. The second kappa shape index (κ2) is 7.35. The van der Waals surface area contributed by atoms with E-state index in [4.69, 9.17) is 5.73 Å². The normalized spacial score (nSPS) is 7.25. The van der Waals surface area contributed by atoms with Crippen molar-refractivity contribution in [3.63, 3.8) is 0 Å². The third-order valence-electron chi connectivity index (χ3n) is 0.339. The first-order valence-corrected chi connectivity index (χ1v) is 1.66. The number of nitrogens with one attached hydrogen (secondary N) is 1. The molecule has 0 aromatic rings. The summed E-state index contributed by atoms with van der Waals surface area (Å²) in [5.74, 6) is 3.98. The number of rotatable bonds is 2. The zero-order chi connectivity index (χ0) is 5.70. The largest absolute Gasteiger partial charge is 1.00 e. The molecule has 0 rings (SSSR count). The standard InChI is InChI=1S/C2H7N3O2.Na.H/c3-1-2(6)7-5-4;;/h5H,1,3-4H2;;/q;+1;-1. The quantitative estimate of drug-likeness (QED) is 0.197. The van der Waals surface area contributed by atoms with Crippen LogP contribution in [0, 0.1) is 0 Å². The first-order chi connectivity index (χ1) is 3.31. The molecule has 0 unspecified atom stereocenters. The van der Waals surface area contributed by atoms with Gasteiger partial charge in [-0.2, -0.15) is 0 Å². The summed E-state index contributed by atoms with van der Waals surface area (Å²) in [6, 6.07) is 0. The molecule has 0 aromatic heterocycles. The molecule has 0 atom stereocenters. The fourth-order valence-corrected chi connectivity index (χ4v) is 0.107. The van der Waals surface area contributed by atoms with Crippen LogP contribution in [0.4, 0.5) is 0 Å². The van der Waals surface area contributed by atoms with Crippen LogP contribution in [0.1, 0.15) is 1.43 Å². The Labute approximate surface area is 70.4 Å². The summed E-state index contributed by atoms with van der Waals surface area (Å²) in [6.45, 7) is -0.163. The first-order valence-electron chi connectivity index (χ1n) is 1.66. The molecule has 0 fully saturated rings. The Morgan fingerprint density at radius 3 is 2.50 bits per heavy atom. The van der Waals surface area contributed by atoms with Crippen molar-refractivity contribution in [2.24, 2.45) is 11.6 Å². The Morgan fingerprint density at radius 2 is 2.38 bits per heavy atom. The van der Waals surface area contributed by atoms with Gasteiger partial charge in [0.25, 0.3) is 0 Å². The molecule has 0 radical (unpaired) electrons. The predicted molar refractivity (Wildman–Crippen MR) is 23.6 cm³/mol. The summed E-state index contributed by atoms with van der Waals surface area (Å²) in [6.07, 6.45) is 0. The van der Waals surface area contributed by atoms with Crippen LogP contribution in [0.5, 0.6) is 0 Å². The number of hydrogen-bond donors (Lipinski definition) is 3. The van der Waals surface area contributed by atoms with Crippen LogP contribution in [0.15, 0.2) is 0 Å². The Kier molecular flexibility index (Phi) is 10.3. The summed E-state index contributed by atoms with van der Waals surface area (Å²) in [7, 11) is 0. The molecule has 0 aliphatic heterocycles. The topological polar surface area (TPSA) is 90.4 Å². The average Bonchev–Trinajstić information content (AvgIpc) is 1.68. The maximum absolute atomic E-state index is 9.92. The van der Waals surface area contributed by atoms with Crippen LogP contribution in [-0.4, -0.2) is 12.5 Å². The van der Waals surface area contributed by atoms with Gasteiger partial charge in [0.05, 0.1) is 6.54 Å². The molecule has 0 spiro atoms. The Bertz CT molecular complexity index is 72.8. The average molecular weight is 129 g/mol. The summed E-state index contributed by atoms with van der Waals surface area (Å²) < 4.78 is 0. The SMILES string of the molecule is NCC(=O)ONN.[H-].[Na+]. The van der Waals surface area contributed by atoms with Crippen molar-refractivity contribution in [2.45, 2.75) is 0 Å². The van der Waals surface area contributed by atoms with Crippen molar-refractivity contribution in [3.05, 3.63) is 0 Å². The molecule has 5 nitrogen and oxygen atoms in total. The van der Waals surface area contributed by atoms with Crippen molar-refractivity contribution in [1.29, 1.82) is 0 Å². The minimum absolute atomic E-state index is 0. The van der Waals surface area contributed by atoms with Crippen molar-refractivity contribution >= 4 is 5.97 Å². The van der Waals surface area contributed by atoms with Gasteiger partial charge in [0.15, 0.2) is 0 Å². The van der Waals surface area contributed by atoms with Crippen LogP contribution in [0.2, 0.25) is 0 Å². The van der Waals surface area contributed by atoms with E-state index in [1.54, 1.807) is 5.59 Å². The van der Waals surface area contributed by atoms with E-state index < -0.39 is 5.97 Å². The Balaban J connectivity index is -0.000000180. The molecule has 44 valence electrons. The van der Waals surface area contributed by atoms with E-state index in [-0.39, 0.29) is 37.5 Å². The second-order valence-electron chi connectivity index (χ2n) is 0.796. The monoisotopic (exact) mass is 129 g/mol. The summed E-state index contributed by atoms with van der Waals surface area (Å²) in [5, 5.41) is 0. The van der Waals surface area contributed by atoms with E-state index in [9.17, 15) is 4.79 Å². The number of hydrazine groups is 1. The van der Waals surface area contributed by atoms with E-state index in [2.05, 4.69) is 10.7 Å². The number of hydrogen-bond acceptors (Lipinski definition) is 5. The molecule has 8 heavy (non-hydrogen) atoms. The van der Waals surface area contributed by atoms with E-state index >= 15 is 0 Å². The molecule has 0 heterocycles. The van der Waals surface area contributed by atoms with Gasteiger partial charge in [-0.15, -0.1) is 0 Å². The molecule has 0 aromatic carbocycles. The smallest absolute Gasteiger partial charge is 1.00 e. The summed E-state index contributed by atoms with van der Waals surface area (Å²) in [5.41, 5.74) is 6.48. The molecule has 0 amide bonds. The van der Waals surface area contributed by atoms with Gasteiger partial charge in [-0.25, -0.2) is 10.6 Å². The van der Waals surface area contributed by atoms with Gasteiger partial charge in [-0.1, -0.05) is 5.59 Å². The summed E-state index contributed by atoms with van der Waals surface area (Å²) >= 11 is 0. The van der Waals surface area contributed by atoms with Crippen LogP contribution in [-0.2, 0) is 9.63 Å². The third-order valence-corrected chi connectivity index (χ3v) is 0.339. The van der Waals surface area contributed by atoms with Crippen LogP contribution >= 0.6 is 0 Å². The van der Waals surface area contributed by atoms with E-state index in [1.165, 1.54) is 0 Å². The molecule has 0 aliphatic rings. The molecule has 6 heteroatoms. The zero-order valence-corrected chi connectivity index (χ0v) is 6.68.